The van der Waals surface area contributed by atoms with Gasteiger partial charge in [0.05, 0.1) is 0 Å². The largest absolute Gasteiger partial charge is 0.354 e. The second-order valence-corrected chi connectivity index (χ2v) is 9.06. The van der Waals surface area contributed by atoms with Gasteiger partial charge in [-0.05, 0) is 60.8 Å². The predicted octanol–water partition coefficient (Wildman–Crippen LogP) is 2.69. The van der Waals surface area contributed by atoms with E-state index in [4.69, 9.17) is 0 Å². The van der Waals surface area contributed by atoms with Gasteiger partial charge in [-0.1, -0.05) is 32.9 Å². The summed E-state index contributed by atoms with van der Waals surface area (Å²) in [5.74, 6) is -0.572. The summed E-state index contributed by atoms with van der Waals surface area (Å²) in [6, 6.07) is 4.30. The van der Waals surface area contributed by atoms with Crippen molar-refractivity contribution in [2.45, 2.75) is 65.3 Å². The fourth-order valence-corrected chi connectivity index (χ4v) is 3.73. The van der Waals surface area contributed by atoms with Crippen molar-refractivity contribution in [2.24, 2.45) is 0 Å². The van der Waals surface area contributed by atoms with Gasteiger partial charge in [-0.15, -0.1) is 0 Å². The highest BCUT2D eigenvalue weighted by Gasteiger charge is 2.44. The standard InChI is InChI=1S/C22H31N3O3/c1-14-10-16(22(3,4)5)11-15(2)18(14)8-9-23-19(26)12-25-20(27)13-24(21(25)28)17-6-7-17/h10-11,17H,6-9,12-13H2,1-5H3,(H,23,26). The lowest BCUT2D eigenvalue weighted by molar-refractivity contribution is -0.130. The van der Waals surface area contributed by atoms with Gasteiger partial charge in [0.25, 0.3) is 5.91 Å². The number of rotatable bonds is 6. The number of imide groups is 1. The third-order valence-corrected chi connectivity index (χ3v) is 5.63. The average Bonchev–Trinajstić information content (AvgIpc) is 3.39. The van der Waals surface area contributed by atoms with E-state index in [1.54, 1.807) is 4.90 Å². The van der Waals surface area contributed by atoms with Crippen LogP contribution in [0.4, 0.5) is 4.79 Å². The Labute approximate surface area is 167 Å². The number of hydrogen-bond acceptors (Lipinski definition) is 3. The molecule has 0 bridgehead atoms. The molecule has 6 nitrogen and oxygen atoms in total. The molecule has 152 valence electrons. The van der Waals surface area contributed by atoms with Crippen LogP contribution in [0.1, 0.15) is 55.9 Å². The molecule has 0 radical (unpaired) electrons. The number of hydrogen-bond donors (Lipinski definition) is 1. The van der Waals surface area contributed by atoms with Gasteiger partial charge < -0.3 is 10.2 Å². The Bertz CT molecular complexity index is 783. The minimum Gasteiger partial charge on any atom is -0.354 e. The second kappa shape index (κ2) is 7.57. The Balaban J connectivity index is 1.53. The first-order valence-corrected chi connectivity index (χ1v) is 10.1. The highest BCUT2D eigenvalue weighted by molar-refractivity contribution is 6.04. The average molecular weight is 386 g/mol. The first kappa shape index (κ1) is 20.4. The van der Waals surface area contributed by atoms with E-state index >= 15 is 0 Å². The van der Waals surface area contributed by atoms with Crippen molar-refractivity contribution in [1.29, 1.82) is 0 Å². The summed E-state index contributed by atoms with van der Waals surface area (Å²) in [6.45, 7) is 11.2. The number of carbonyl (C=O) groups excluding carboxylic acids is 3. The number of nitrogens with zero attached hydrogens (tertiary/aromatic N) is 2. The van der Waals surface area contributed by atoms with E-state index < -0.39 is 0 Å². The molecule has 1 heterocycles. The van der Waals surface area contributed by atoms with Crippen LogP contribution in [-0.2, 0) is 21.4 Å². The Kier molecular flexibility index (Phi) is 5.50. The van der Waals surface area contributed by atoms with Crippen LogP contribution in [-0.4, -0.2) is 53.3 Å². The minimum absolute atomic E-state index is 0.103. The van der Waals surface area contributed by atoms with E-state index in [0.717, 1.165) is 24.2 Å². The molecule has 0 spiro atoms. The van der Waals surface area contributed by atoms with Gasteiger partial charge in [0.2, 0.25) is 5.91 Å². The smallest absolute Gasteiger partial charge is 0.327 e. The van der Waals surface area contributed by atoms with Crippen LogP contribution in [0.25, 0.3) is 0 Å². The molecular weight excluding hydrogens is 354 g/mol. The molecule has 1 saturated carbocycles. The van der Waals surface area contributed by atoms with E-state index in [-0.39, 0.29) is 42.4 Å². The van der Waals surface area contributed by atoms with Gasteiger partial charge in [0.1, 0.15) is 13.1 Å². The van der Waals surface area contributed by atoms with Crippen molar-refractivity contribution < 1.29 is 14.4 Å². The Morgan fingerprint density at radius 2 is 1.75 bits per heavy atom. The number of carbonyl (C=O) groups is 3. The van der Waals surface area contributed by atoms with Crippen molar-refractivity contribution in [3.8, 4) is 0 Å². The van der Waals surface area contributed by atoms with Crippen LogP contribution in [0.2, 0.25) is 0 Å². The van der Waals surface area contributed by atoms with Crippen molar-refractivity contribution in [3.63, 3.8) is 0 Å². The molecular formula is C22H31N3O3. The minimum atomic E-state index is -0.327. The molecule has 4 amide bonds. The quantitative estimate of drug-likeness (QED) is 0.766. The third-order valence-electron chi connectivity index (χ3n) is 5.63. The molecule has 3 rings (SSSR count). The fourth-order valence-electron chi connectivity index (χ4n) is 3.73. The summed E-state index contributed by atoms with van der Waals surface area (Å²) < 4.78 is 0. The number of amides is 4. The maximum absolute atomic E-state index is 12.3. The van der Waals surface area contributed by atoms with Gasteiger partial charge in [0, 0.05) is 12.6 Å². The van der Waals surface area contributed by atoms with Crippen LogP contribution >= 0.6 is 0 Å². The first-order valence-electron chi connectivity index (χ1n) is 10.1. The lowest BCUT2D eigenvalue weighted by atomic mass is 9.83. The maximum atomic E-state index is 12.3. The molecule has 1 aromatic rings. The predicted molar refractivity (Wildman–Crippen MR) is 108 cm³/mol. The second-order valence-electron chi connectivity index (χ2n) is 9.06. The molecule has 2 fully saturated rings. The van der Waals surface area contributed by atoms with Gasteiger partial charge in [-0.3, -0.25) is 14.5 Å². The molecule has 6 heteroatoms. The summed E-state index contributed by atoms with van der Waals surface area (Å²) in [5.41, 5.74) is 5.10. The zero-order valence-electron chi connectivity index (χ0n) is 17.6. The summed E-state index contributed by atoms with van der Waals surface area (Å²) in [4.78, 5) is 39.2. The number of aryl methyl sites for hydroxylation is 2. The maximum Gasteiger partial charge on any atom is 0.327 e. The van der Waals surface area contributed by atoms with Crippen molar-refractivity contribution in [1.82, 2.24) is 15.1 Å². The highest BCUT2D eigenvalue weighted by atomic mass is 16.2. The van der Waals surface area contributed by atoms with Crippen LogP contribution in [0, 0.1) is 13.8 Å². The molecule has 1 N–H and O–H groups in total. The van der Waals surface area contributed by atoms with E-state index in [1.807, 2.05) is 0 Å². The van der Waals surface area contributed by atoms with Gasteiger partial charge in [0.15, 0.2) is 0 Å². The monoisotopic (exact) mass is 385 g/mol. The molecule has 2 aliphatic rings. The van der Waals surface area contributed by atoms with Crippen LogP contribution in [0.3, 0.4) is 0 Å². The number of benzene rings is 1. The Morgan fingerprint density at radius 3 is 2.29 bits per heavy atom. The lowest BCUT2D eigenvalue weighted by Crippen LogP contribution is -2.42. The van der Waals surface area contributed by atoms with Crippen molar-refractivity contribution in [3.05, 3.63) is 34.4 Å². The molecule has 0 atom stereocenters. The molecule has 1 aliphatic carbocycles. The normalized spacial score (nSPS) is 17.5. The highest BCUT2D eigenvalue weighted by Crippen LogP contribution is 2.30. The van der Waals surface area contributed by atoms with E-state index in [9.17, 15) is 14.4 Å². The third kappa shape index (κ3) is 4.37. The Hall–Kier alpha value is -2.37. The SMILES string of the molecule is Cc1cc(C(C)(C)C)cc(C)c1CCNC(=O)CN1C(=O)CN(C2CC2)C1=O. The van der Waals surface area contributed by atoms with Crippen LogP contribution < -0.4 is 5.32 Å². The topological polar surface area (TPSA) is 69.7 Å². The summed E-state index contributed by atoms with van der Waals surface area (Å²) >= 11 is 0. The summed E-state index contributed by atoms with van der Waals surface area (Å²) in [5, 5.41) is 2.85. The van der Waals surface area contributed by atoms with Crippen molar-refractivity contribution >= 4 is 17.8 Å². The molecule has 1 aromatic carbocycles. The Morgan fingerprint density at radius 1 is 1.14 bits per heavy atom. The first-order chi connectivity index (χ1) is 13.1. The lowest BCUT2D eigenvalue weighted by Gasteiger charge is -2.22. The molecule has 1 aliphatic heterocycles. The van der Waals surface area contributed by atoms with Gasteiger partial charge in [-0.2, -0.15) is 0 Å². The zero-order valence-corrected chi connectivity index (χ0v) is 17.6. The molecule has 1 saturated heterocycles. The summed E-state index contributed by atoms with van der Waals surface area (Å²) in [6.07, 6.45) is 2.63. The van der Waals surface area contributed by atoms with E-state index in [1.165, 1.54) is 22.3 Å². The van der Waals surface area contributed by atoms with Crippen LogP contribution in [0.5, 0.6) is 0 Å². The van der Waals surface area contributed by atoms with E-state index in [2.05, 4.69) is 52.1 Å². The summed E-state index contributed by atoms with van der Waals surface area (Å²) in [7, 11) is 0. The molecule has 0 aromatic heterocycles. The van der Waals surface area contributed by atoms with E-state index in [0.29, 0.717) is 6.54 Å². The molecule has 0 unspecified atom stereocenters. The number of nitrogens with one attached hydrogen (secondary N) is 1. The fraction of sp³-hybridized carbons (Fsp3) is 0.591. The van der Waals surface area contributed by atoms with Gasteiger partial charge in [-0.25, -0.2) is 4.79 Å². The van der Waals surface area contributed by atoms with Crippen LogP contribution in [0.15, 0.2) is 12.1 Å². The molecule has 28 heavy (non-hydrogen) atoms. The zero-order chi connectivity index (χ0) is 20.6. The van der Waals surface area contributed by atoms with Gasteiger partial charge >= 0.3 is 6.03 Å². The van der Waals surface area contributed by atoms with Crippen molar-refractivity contribution in [2.75, 3.05) is 19.6 Å². The number of urea groups is 1.